The van der Waals surface area contributed by atoms with E-state index in [0.29, 0.717) is 12.6 Å². The minimum Gasteiger partial charge on any atom is -0.345 e. The number of carbonyl (C=O) groups excluding carboxylic acids is 2. The Kier molecular flexibility index (Phi) is 5.12. The van der Waals surface area contributed by atoms with E-state index in [1.54, 1.807) is 0 Å². The summed E-state index contributed by atoms with van der Waals surface area (Å²) in [5.41, 5.74) is 0. The molecule has 1 aliphatic heterocycles. The molecule has 0 aliphatic carbocycles. The first-order valence-electron chi connectivity index (χ1n) is 6.45. The number of carbonyl (C=O) groups is 2. The van der Waals surface area contributed by atoms with Crippen LogP contribution in [0.3, 0.4) is 0 Å². The summed E-state index contributed by atoms with van der Waals surface area (Å²) in [6.07, 6.45) is 2.32. The Labute approximate surface area is 104 Å². The lowest BCUT2D eigenvalue weighted by Crippen LogP contribution is -2.47. The summed E-state index contributed by atoms with van der Waals surface area (Å²) in [7, 11) is 0. The van der Waals surface area contributed by atoms with Gasteiger partial charge in [0.1, 0.15) is 0 Å². The molecule has 0 saturated carbocycles. The summed E-state index contributed by atoms with van der Waals surface area (Å²) in [4.78, 5) is 25.4. The number of hydrogen-bond acceptors (Lipinski definition) is 3. The lowest BCUT2D eigenvalue weighted by molar-refractivity contribution is -0.128. The van der Waals surface area contributed by atoms with Gasteiger partial charge in [-0.3, -0.25) is 14.5 Å². The van der Waals surface area contributed by atoms with Crippen LogP contribution in [-0.2, 0) is 9.59 Å². The van der Waals surface area contributed by atoms with Crippen molar-refractivity contribution in [2.75, 3.05) is 13.1 Å². The fraction of sp³-hybridized carbons (Fsp3) is 0.846. The highest BCUT2D eigenvalue weighted by Gasteiger charge is 2.25. The summed E-state index contributed by atoms with van der Waals surface area (Å²) in [5, 5.41) is 2.83. The van der Waals surface area contributed by atoms with Crippen molar-refractivity contribution in [1.29, 1.82) is 0 Å². The molecule has 1 aliphatic rings. The fourth-order valence-electron chi connectivity index (χ4n) is 2.37. The number of amides is 1. The van der Waals surface area contributed by atoms with Crippen LogP contribution in [0.5, 0.6) is 0 Å². The zero-order chi connectivity index (χ0) is 13.0. The molecule has 1 heterocycles. The Morgan fingerprint density at radius 1 is 1.41 bits per heavy atom. The molecular weight excluding hydrogens is 216 g/mol. The largest absolute Gasteiger partial charge is 0.345 e. The lowest BCUT2D eigenvalue weighted by Gasteiger charge is -2.24. The van der Waals surface area contributed by atoms with E-state index >= 15 is 0 Å². The maximum absolute atomic E-state index is 11.9. The van der Waals surface area contributed by atoms with Gasteiger partial charge in [0.15, 0.2) is 5.78 Å². The third-order valence-electron chi connectivity index (χ3n) is 3.46. The quantitative estimate of drug-likeness (QED) is 0.785. The van der Waals surface area contributed by atoms with Crippen molar-refractivity contribution in [1.82, 2.24) is 10.2 Å². The minimum absolute atomic E-state index is 0.0304. The molecule has 1 N–H and O–H groups in total. The predicted octanol–water partition coefficient (Wildman–Crippen LogP) is 1.20. The standard InChI is InChI=1S/C13H24N2O2/c1-9(2)13(11(4)16)14-12(17)8-15-7-5-6-10(15)3/h9-10,13H,5-8H2,1-4H3,(H,14,17). The molecule has 0 aromatic heterocycles. The summed E-state index contributed by atoms with van der Waals surface area (Å²) in [5.74, 6) is 0.142. The van der Waals surface area contributed by atoms with Gasteiger partial charge in [0.05, 0.1) is 12.6 Å². The molecule has 1 saturated heterocycles. The van der Waals surface area contributed by atoms with E-state index in [-0.39, 0.29) is 23.7 Å². The molecule has 4 nitrogen and oxygen atoms in total. The minimum atomic E-state index is -0.347. The predicted molar refractivity (Wildman–Crippen MR) is 67.7 cm³/mol. The Hall–Kier alpha value is -0.900. The maximum Gasteiger partial charge on any atom is 0.234 e. The van der Waals surface area contributed by atoms with E-state index in [2.05, 4.69) is 17.1 Å². The zero-order valence-electron chi connectivity index (χ0n) is 11.3. The van der Waals surface area contributed by atoms with Crippen molar-refractivity contribution in [2.45, 2.75) is 52.6 Å². The number of rotatable bonds is 5. The molecule has 0 radical (unpaired) electrons. The van der Waals surface area contributed by atoms with Gasteiger partial charge in [-0.25, -0.2) is 0 Å². The number of nitrogens with zero attached hydrogens (tertiary/aromatic N) is 1. The normalized spacial score (nSPS) is 22.8. The molecule has 4 heteroatoms. The molecule has 0 aromatic rings. The molecule has 0 bridgehead atoms. The molecular formula is C13H24N2O2. The number of ketones is 1. The molecule has 1 fully saturated rings. The van der Waals surface area contributed by atoms with Crippen LogP contribution in [0.1, 0.15) is 40.5 Å². The first kappa shape index (κ1) is 14.2. The third kappa shape index (κ3) is 4.11. The average molecular weight is 240 g/mol. The van der Waals surface area contributed by atoms with Crippen molar-refractivity contribution < 1.29 is 9.59 Å². The second-order valence-corrected chi connectivity index (χ2v) is 5.36. The van der Waals surface area contributed by atoms with Crippen LogP contribution in [0.2, 0.25) is 0 Å². The van der Waals surface area contributed by atoms with Crippen LogP contribution >= 0.6 is 0 Å². The molecule has 2 unspecified atom stereocenters. The van der Waals surface area contributed by atoms with Gasteiger partial charge in [-0.15, -0.1) is 0 Å². The Morgan fingerprint density at radius 2 is 2.06 bits per heavy atom. The number of hydrogen-bond donors (Lipinski definition) is 1. The zero-order valence-corrected chi connectivity index (χ0v) is 11.3. The van der Waals surface area contributed by atoms with E-state index in [1.165, 1.54) is 6.92 Å². The van der Waals surface area contributed by atoms with Crippen LogP contribution < -0.4 is 5.32 Å². The highest BCUT2D eigenvalue weighted by atomic mass is 16.2. The van der Waals surface area contributed by atoms with Crippen LogP contribution in [0.4, 0.5) is 0 Å². The molecule has 98 valence electrons. The summed E-state index contributed by atoms with van der Waals surface area (Å²) in [6.45, 7) is 8.98. The van der Waals surface area contributed by atoms with Crippen LogP contribution in [-0.4, -0.2) is 41.8 Å². The number of Topliss-reactive ketones (excluding diaryl/α,β-unsaturated/α-hetero) is 1. The van der Waals surface area contributed by atoms with Gasteiger partial charge in [-0.05, 0) is 39.2 Å². The van der Waals surface area contributed by atoms with Crippen molar-refractivity contribution in [3.63, 3.8) is 0 Å². The first-order valence-corrected chi connectivity index (χ1v) is 6.45. The van der Waals surface area contributed by atoms with E-state index in [9.17, 15) is 9.59 Å². The summed E-state index contributed by atoms with van der Waals surface area (Å²) >= 11 is 0. The molecule has 1 amide bonds. The fourth-order valence-corrected chi connectivity index (χ4v) is 2.37. The highest BCUT2D eigenvalue weighted by Crippen LogP contribution is 2.15. The second-order valence-electron chi connectivity index (χ2n) is 5.36. The first-order chi connectivity index (χ1) is 7.91. The van der Waals surface area contributed by atoms with Gasteiger partial charge in [-0.1, -0.05) is 13.8 Å². The Morgan fingerprint density at radius 3 is 2.47 bits per heavy atom. The SMILES string of the molecule is CC(=O)C(NC(=O)CN1CCCC1C)C(C)C. The van der Waals surface area contributed by atoms with E-state index in [4.69, 9.17) is 0 Å². The Bertz CT molecular complexity index is 289. The van der Waals surface area contributed by atoms with Gasteiger partial charge < -0.3 is 5.32 Å². The van der Waals surface area contributed by atoms with Crippen LogP contribution in [0, 0.1) is 5.92 Å². The number of likely N-dealkylation sites (tertiary alicyclic amines) is 1. The topological polar surface area (TPSA) is 49.4 Å². The molecule has 2 atom stereocenters. The van der Waals surface area contributed by atoms with E-state index in [1.807, 2.05) is 13.8 Å². The highest BCUT2D eigenvalue weighted by molar-refractivity contribution is 5.88. The van der Waals surface area contributed by atoms with Crippen molar-refractivity contribution in [3.05, 3.63) is 0 Å². The monoisotopic (exact) mass is 240 g/mol. The molecule has 1 rings (SSSR count). The van der Waals surface area contributed by atoms with Crippen LogP contribution in [0.15, 0.2) is 0 Å². The van der Waals surface area contributed by atoms with Crippen molar-refractivity contribution >= 4 is 11.7 Å². The number of nitrogens with one attached hydrogen (secondary N) is 1. The second kappa shape index (κ2) is 6.15. The lowest BCUT2D eigenvalue weighted by atomic mass is 10.0. The van der Waals surface area contributed by atoms with Crippen molar-refractivity contribution in [3.8, 4) is 0 Å². The Balaban J connectivity index is 2.45. The third-order valence-corrected chi connectivity index (χ3v) is 3.46. The van der Waals surface area contributed by atoms with Gasteiger partial charge in [-0.2, -0.15) is 0 Å². The van der Waals surface area contributed by atoms with E-state index < -0.39 is 0 Å². The molecule has 0 aromatic carbocycles. The van der Waals surface area contributed by atoms with Gasteiger partial charge in [0, 0.05) is 6.04 Å². The molecule has 17 heavy (non-hydrogen) atoms. The average Bonchev–Trinajstić information content (AvgIpc) is 2.60. The smallest absolute Gasteiger partial charge is 0.234 e. The maximum atomic E-state index is 11.9. The summed E-state index contributed by atoms with van der Waals surface area (Å²) in [6, 6.07) is 0.135. The van der Waals surface area contributed by atoms with Crippen LogP contribution in [0.25, 0.3) is 0 Å². The summed E-state index contributed by atoms with van der Waals surface area (Å²) < 4.78 is 0. The molecule has 0 spiro atoms. The van der Waals surface area contributed by atoms with Gasteiger partial charge in [0.25, 0.3) is 0 Å². The van der Waals surface area contributed by atoms with E-state index in [0.717, 1.165) is 19.4 Å². The van der Waals surface area contributed by atoms with Gasteiger partial charge >= 0.3 is 0 Å². The van der Waals surface area contributed by atoms with Crippen molar-refractivity contribution in [2.24, 2.45) is 5.92 Å². The van der Waals surface area contributed by atoms with Gasteiger partial charge in [0.2, 0.25) is 5.91 Å².